The van der Waals surface area contributed by atoms with E-state index in [1.54, 1.807) is 30.3 Å². The second kappa shape index (κ2) is 6.07. The van der Waals surface area contributed by atoms with Gasteiger partial charge >= 0.3 is 18.0 Å². The minimum Gasteiger partial charge on any atom is -0.303 e. The predicted molar refractivity (Wildman–Crippen MR) is 54.4 cm³/mol. The second-order valence-electron chi connectivity index (χ2n) is 2.68. The molecular formula is C7H10FO6PS. The number of phosphoric acid groups is 1. The highest BCUT2D eigenvalue weighted by Gasteiger charge is 2.06. The van der Waals surface area contributed by atoms with Gasteiger partial charge < -0.3 is 14.7 Å². The molecule has 0 fully saturated rings. The van der Waals surface area contributed by atoms with E-state index in [4.69, 9.17) is 19.2 Å². The Bertz CT molecular complexity index is 445. The average Bonchev–Trinajstić information content (AvgIpc) is 1.99. The summed E-state index contributed by atoms with van der Waals surface area (Å²) in [5, 5.41) is 0. The van der Waals surface area contributed by atoms with Gasteiger partial charge in [0.15, 0.2) is 0 Å². The first-order valence-corrected chi connectivity index (χ1v) is 6.94. The van der Waals surface area contributed by atoms with Gasteiger partial charge in [-0.05, 0) is 5.56 Å². The third kappa shape index (κ3) is 13.2. The van der Waals surface area contributed by atoms with Crippen LogP contribution in [0.3, 0.4) is 0 Å². The monoisotopic (exact) mass is 272 g/mol. The van der Waals surface area contributed by atoms with Crippen molar-refractivity contribution in [2.45, 2.75) is 5.75 Å². The molecule has 0 spiro atoms. The van der Waals surface area contributed by atoms with Crippen molar-refractivity contribution in [1.29, 1.82) is 0 Å². The highest BCUT2D eigenvalue weighted by Crippen LogP contribution is 2.25. The van der Waals surface area contributed by atoms with Crippen molar-refractivity contribution in [2.75, 3.05) is 0 Å². The normalized spacial score (nSPS) is 11.5. The van der Waals surface area contributed by atoms with E-state index in [1.165, 1.54) is 0 Å². The molecule has 0 aliphatic rings. The number of hydrogen-bond acceptors (Lipinski definition) is 3. The molecule has 1 rings (SSSR count). The molecule has 1 aromatic carbocycles. The summed E-state index contributed by atoms with van der Waals surface area (Å²) in [4.78, 5) is 21.6. The van der Waals surface area contributed by atoms with Gasteiger partial charge in [0, 0.05) is 0 Å². The molecule has 0 atom stereocenters. The minimum absolute atomic E-state index is 0.468. The summed E-state index contributed by atoms with van der Waals surface area (Å²) in [6, 6.07) is 8.21. The fourth-order valence-electron chi connectivity index (χ4n) is 0.773. The summed E-state index contributed by atoms with van der Waals surface area (Å²) in [5.74, 6) is -0.534. The fraction of sp³-hybridized carbons (Fsp3) is 0.143. The molecule has 0 aliphatic heterocycles. The summed E-state index contributed by atoms with van der Waals surface area (Å²) < 4.78 is 41.2. The van der Waals surface area contributed by atoms with Crippen molar-refractivity contribution >= 4 is 18.0 Å². The van der Waals surface area contributed by atoms with Gasteiger partial charge in [0.05, 0.1) is 0 Å². The van der Waals surface area contributed by atoms with Crippen molar-refractivity contribution in [3.05, 3.63) is 35.9 Å². The van der Waals surface area contributed by atoms with Crippen LogP contribution >= 0.6 is 7.82 Å². The molecule has 3 N–H and O–H groups in total. The van der Waals surface area contributed by atoms with Crippen LogP contribution in [0.25, 0.3) is 0 Å². The summed E-state index contributed by atoms with van der Waals surface area (Å²) in [5.41, 5.74) is 0.468. The Morgan fingerprint density at radius 1 is 1.12 bits per heavy atom. The Balaban J connectivity index is 0.000000385. The van der Waals surface area contributed by atoms with Crippen LogP contribution in [0.4, 0.5) is 3.89 Å². The van der Waals surface area contributed by atoms with Gasteiger partial charge in [-0.2, -0.15) is 8.42 Å². The first kappa shape index (κ1) is 15.2. The zero-order valence-electron chi connectivity index (χ0n) is 7.89. The Morgan fingerprint density at radius 3 is 1.81 bits per heavy atom. The topological polar surface area (TPSA) is 112 Å². The summed E-state index contributed by atoms with van der Waals surface area (Å²) >= 11 is 0. The van der Waals surface area contributed by atoms with E-state index in [-0.39, 0.29) is 0 Å². The third-order valence-electron chi connectivity index (χ3n) is 1.18. The van der Waals surface area contributed by atoms with Crippen LogP contribution in [0.2, 0.25) is 0 Å². The number of hydrogen-bond donors (Lipinski definition) is 3. The van der Waals surface area contributed by atoms with E-state index in [1.807, 2.05) is 0 Å². The van der Waals surface area contributed by atoms with Crippen LogP contribution in [0, 0.1) is 0 Å². The van der Waals surface area contributed by atoms with Gasteiger partial charge in [0.1, 0.15) is 5.75 Å². The molecular weight excluding hydrogens is 262 g/mol. The number of benzene rings is 1. The molecule has 0 amide bonds. The summed E-state index contributed by atoms with van der Waals surface area (Å²) in [6.07, 6.45) is 0. The molecule has 9 heteroatoms. The molecule has 0 aromatic heterocycles. The molecule has 0 heterocycles. The van der Waals surface area contributed by atoms with E-state index >= 15 is 0 Å². The molecule has 1 aromatic rings. The zero-order chi connectivity index (χ0) is 12.8. The van der Waals surface area contributed by atoms with Crippen molar-refractivity contribution in [2.24, 2.45) is 0 Å². The van der Waals surface area contributed by atoms with Crippen LogP contribution < -0.4 is 0 Å². The molecule has 0 saturated heterocycles. The minimum atomic E-state index is -4.64. The highest BCUT2D eigenvalue weighted by molar-refractivity contribution is 7.85. The zero-order valence-corrected chi connectivity index (χ0v) is 9.60. The van der Waals surface area contributed by atoms with Crippen molar-refractivity contribution in [3.8, 4) is 0 Å². The molecule has 16 heavy (non-hydrogen) atoms. The highest BCUT2D eigenvalue weighted by atomic mass is 32.3. The van der Waals surface area contributed by atoms with Gasteiger partial charge in [0.25, 0.3) is 0 Å². The van der Waals surface area contributed by atoms with E-state index in [9.17, 15) is 12.3 Å². The summed E-state index contributed by atoms with van der Waals surface area (Å²) in [6.45, 7) is 0. The summed E-state index contributed by atoms with van der Waals surface area (Å²) in [7, 11) is -9.02. The maximum absolute atomic E-state index is 12.0. The second-order valence-corrected chi connectivity index (χ2v) is 5.07. The van der Waals surface area contributed by atoms with E-state index < -0.39 is 23.8 Å². The number of rotatable bonds is 2. The van der Waals surface area contributed by atoms with Gasteiger partial charge in [-0.25, -0.2) is 4.57 Å². The molecule has 0 aliphatic carbocycles. The van der Waals surface area contributed by atoms with E-state index in [2.05, 4.69) is 0 Å². The first-order valence-electron chi connectivity index (χ1n) is 3.82. The average molecular weight is 272 g/mol. The van der Waals surface area contributed by atoms with Crippen LogP contribution in [-0.2, 0) is 20.5 Å². The van der Waals surface area contributed by atoms with E-state index in [0.717, 1.165) is 0 Å². The molecule has 92 valence electrons. The lowest BCUT2D eigenvalue weighted by atomic mass is 10.2. The Kier molecular flexibility index (Phi) is 5.77. The van der Waals surface area contributed by atoms with Gasteiger partial charge in [-0.3, -0.25) is 0 Å². The lowest BCUT2D eigenvalue weighted by molar-refractivity contribution is 0.275. The third-order valence-corrected chi connectivity index (χ3v) is 1.86. The predicted octanol–water partition coefficient (Wildman–Crippen LogP) is 0.557. The van der Waals surface area contributed by atoms with Crippen LogP contribution in [0.1, 0.15) is 5.56 Å². The Hall–Kier alpha value is -0.790. The lowest BCUT2D eigenvalue weighted by Crippen LogP contribution is -1.94. The Morgan fingerprint density at radius 2 is 1.50 bits per heavy atom. The first-order chi connectivity index (χ1) is 7.08. The van der Waals surface area contributed by atoms with Crippen molar-refractivity contribution in [1.82, 2.24) is 0 Å². The van der Waals surface area contributed by atoms with Crippen molar-refractivity contribution in [3.63, 3.8) is 0 Å². The fourth-order valence-corrected chi connectivity index (χ4v) is 1.36. The molecule has 6 nitrogen and oxygen atoms in total. The molecule has 0 bridgehead atoms. The van der Waals surface area contributed by atoms with E-state index in [0.29, 0.717) is 5.56 Å². The molecule has 0 unspecified atom stereocenters. The maximum atomic E-state index is 12.0. The quantitative estimate of drug-likeness (QED) is 0.535. The largest absolute Gasteiger partial charge is 0.466 e. The molecule has 0 radical (unpaired) electrons. The van der Waals surface area contributed by atoms with Gasteiger partial charge in [-0.15, -0.1) is 3.89 Å². The van der Waals surface area contributed by atoms with Gasteiger partial charge in [-0.1, -0.05) is 30.3 Å². The standard InChI is InChI=1S/C7H7FO2S.H3O4P/c8-11(9,10)6-7-4-2-1-3-5-7;1-5(2,3)4/h1-5H,6H2;(H3,1,2,3,4). The smallest absolute Gasteiger partial charge is 0.303 e. The SMILES string of the molecule is O=P(O)(O)O.O=S(=O)(F)Cc1ccccc1. The van der Waals surface area contributed by atoms with Gasteiger partial charge in [0.2, 0.25) is 0 Å². The van der Waals surface area contributed by atoms with Crippen LogP contribution in [0.5, 0.6) is 0 Å². The number of halogens is 1. The Labute approximate surface area is 91.8 Å². The van der Waals surface area contributed by atoms with Crippen LogP contribution in [-0.4, -0.2) is 23.1 Å². The maximum Gasteiger partial charge on any atom is 0.466 e. The molecule has 0 saturated carbocycles. The van der Waals surface area contributed by atoms with Crippen molar-refractivity contribution < 1.29 is 31.5 Å². The van der Waals surface area contributed by atoms with Crippen LogP contribution in [0.15, 0.2) is 30.3 Å². The lowest BCUT2D eigenvalue weighted by Gasteiger charge is -1.93.